The van der Waals surface area contributed by atoms with Crippen LogP contribution in [0.2, 0.25) is 0 Å². The number of alkyl halides is 2. The Morgan fingerprint density at radius 1 is 1.41 bits per heavy atom. The van der Waals surface area contributed by atoms with Gasteiger partial charge in [-0.1, -0.05) is 18.6 Å². The maximum atomic E-state index is 12.9. The molecule has 1 saturated carbocycles. The first-order chi connectivity index (χ1) is 8.14. The highest BCUT2D eigenvalue weighted by molar-refractivity contribution is 5.47. The van der Waals surface area contributed by atoms with Gasteiger partial charge in [-0.15, -0.1) is 0 Å². The summed E-state index contributed by atoms with van der Waals surface area (Å²) >= 11 is 0. The average molecular weight is 241 g/mol. The van der Waals surface area contributed by atoms with Crippen LogP contribution in [0.25, 0.3) is 0 Å². The second kappa shape index (κ2) is 4.61. The van der Waals surface area contributed by atoms with Gasteiger partial charge in [-0.05, 0) is 18.9 Å². The SMILES string of the molecule is COc1c(C(F)F)cccc1C1(CN)CCC1. The van der Waals surface area contributed by atoms with E-state index in [0.717, 1.165) is 24.8 Å². The van der Waals surface area contributed by atoms with E-state index in [1.165, 1.54) is 13.2 Å². The summed E-state index contributed by atoms with van der Waals surface area (Å²) in [4.78, 5) is 0. The summed E-state index contributed by atoms with van der Waals surface area (Å²) in [7, 11) is 1.44. The molecule has 94 valence electrons. The molecule has 17 heavy (non-hydrogen) atoms. The minimum Gasteiger partial charge on any atom is -0.496 e. The third kappa shape index (κ3) is 1.90. The van der Waals surface area contributed by atoms with Gasteiger partial charge in [0.1, 0.15) is 5.75 Å². The molecule has 0 aliphatic heterocycles. The predicted octanol–water partition coefficient (Wildman–Crippen LogP) is 3.01. The number of nitrogens with two attached hydrogens (primary N) is 1. The van der Waals surface area contributed by atoms with E-state index >= 15 is 0 Å². The number of hydrogen-bond donors (Lipinski definition) is 1. The molecule has 0 radical (unpaired) electrons. The quantitative estimate of drug-likeness (QED) is 0.879. The fourth-order valence-corrected chi connectivity index (χ4v) is 2.56. The molecule has 0 saturated heterocycles. The number of methoxy groups -OCH3 is 1. The molecule has 0 atom stereocenters. The molecule has 0 bridgehead atoms. The van der Waals surface area contributed by atoms with Crippen molar-refractivity contribution >= 4 is 0 Å². The first kappa shape index (κ1) is 12.3. The molecule has 1 aromatic carbocycles. The highest BCUT2D eigenvalue weighted by Gasteiger charge is 2.40. The normalized spacial score (nSPS) is 17.9. The van der Waals surface area contributed by atoms with Gasteiger partial charge in [0.15, 0.2) is 0 Å². The summed E-state index contributed by atoms with van der Waals surface area (Å²) in [6.07, 6.45) is 0.484. The van der Waals surface area contributed by atoms with Gasteiger partial charge < -0.3 is 10.5 Å². The number of benzene rings is 1. The largest absolute Gasteiger partial charge is 0.496 e. The van der Waals surface area contributed by atoms with E-state index in [-0.39, 0.29) is 11.0 Å². The molecule has 2 nitrogen and oxygen atoms in total. The van der Waals surface area contributed by atoms with Crippen LogP contribution < -0.4 is 10.5 Å². The van der Waals surface area contributed by atoms with E-state index in [1.54, 1.807) is 6.07 Å². The standard InChI is InChI=1S/C13H17F2NO/c1-17-11-9(12(14)15)4-2-5-10(11)13(8-16)6-3-7-13/h2,4-5,12H,3,6-8,16H2,1H3. The van der Waals surface area contributed by atoms with E-state index in [4.69, 9.17) is 10.5 Å². The molecule has 2 N–H and O–H groups in total. The molecule has 1 fully saturated rings. The lowest BCUT2D eigenvalue weighted by Crippen LogP contribution is -2.41. The van der Waals surface area contributed by atoms with Gasteiger partial charge >= 0.3 is 0 Å². The van der Waals surface area contributed by atoms with Crippen LogP contribution in [0, 0.1) is 0 Å². The fraction of sp³-hybridized carbons (Fsp3) is 0.538. The summed E-state index contributed by atoms with van der Waals surface area (Å²) in [6.45, 7) is 0.482. The Morgan fingerprint density at radius 3 is 2.53 bits per heavy atom. The summed E-state index contributed by atoms with van der Waals surface area (Å²) in [5, 5.41) is 0. The average Bonchev–Trinajstić information content (AvgIpc) is 2.28. The predicted molar refractivity (Wildman–Crippen MR) is 62.5 cm³/mol. The van der Waals surface area contributed by atoms with Gasteiger partial charge in [-0.25, -0.2) is 8.78 Å². The Kier molecular flexibility index (Phi) is 3.33. The molecule has 0 spiro atoms. The van der Waals surface area contributed by atoms with Crippen LogP contribution in [0.15, 0.2) is 18.2 Å². The van der Waals surface area contributed by atoms with Crippen molar-refractivity contribution in [3.8, 4) is 5.75 Å². The highest BCUT2D eigenvalue weighted by atomic mass is 19.3. The lowest BCUT2D eigenvalue weighted by atomic mass is 9.64. The maximum Gasteiger partial charge on any atom is 0.267 e. The molecular formula is C13H17F2NO. The lowest BCUT2D eigenvalue weighted by Gasteiger charge is -2.42. The number of ether oxygens (including phenoxy) is 1. The van der Waals surface area contributed by atoms with Crippen molar-refractivity contribution in [2.75, 3.05) is 13.7 Å². The minimum absolute atomic E-state index is 0.0373. The van der Waals surface area contributed by atoms with Gasteiger partial charge in [0.05, 0.1) is 12.7 Å². The third-order valence-electron chi connectivity index (χ3n) is 3.76. The summed E-state index contributed by atoms with van der Waals surface area (Å²) in [6, 6.07) is 4.93. The number of para-hydroxylation sites is 1. The molecule has 1 aliphatic carbocycles. The Labute approximate surface area is 99.8 Å². The van der Waals surface area contributed by atoms with Crippen LogP contribution in [0.1, 0.15) is 36.8 Å². The summed E-state index contributed by atoms with van der Waals surface area (Å²) in [5.41, 5.74) is 6.45. The molecule has 2 rings (SSSR count). The van der Waals surface area contributed by atoms with Crippen LogP contribution in [0.5, 0.6) is 5.75 Å². The number of hydrogen-bond acceptors (Lipinski definition) is 2. The van der Waals surface area contributed by atoms with Crippen molar-refractivity contribution in [2.24, 2.45) is 5.73 Å². The second-order valence-corrected chi connectivity index (χ2v) is 4.57. The molecule has 1 aromatic rings. The Hall–Kier alpha value is -1.16. The van der Waals surface area contributed by atoms with Crippen LogP contribution in [-0.2, 0) is 5.41 Å². The molecule has 1 aliphatic rings. The van der Waals surface area contributed by atoms with E-state index < -0.39 is 6.43 Å². The molecule has 0 unspecified atom stereocenters. The first-order valence-electron chi connectivity index (χ1n) is 5.80. The van der Waals surface area contributed by atoms with E-state index in [1.807, 2.05) is 6.07 Å². The summed E-state index contributed by atoms with van der Waals surface area (Å²) < 4.78 is 31.0. The molecule has 4 heteroatoms. The Bertz CT molecular complexity index is 397. The molecule has 0 heterocycles. The molecule has 0 aromatic heterocycles. The molecule has 0 amide bonds. The Morgan fingerprint density at radius 2 is 2.12 bits per heavy atom. The van der Waals surface area contributed by atoms with Gasteiger partial charge in [0.25, 0.3) is 6.43 Å². The van der Waals surface area contributed by atoms with Crippen molar-refractivity contribution in [2.45, 2.75) is 31.1 Å². The van der Waals surface area contributed by atoms with Crippen molar-refractivity contribution in [3.05, 3.63) is 29.3 Å². The monoisotopic (exact) mass is 241 g/mol. The van der Waals surface area contributed by atoms with Gasteiger partial charge in [0.2, 0.25) is 0 Å². The zero-order chi connectivity index (χ0) is 12.5. The van der Waals surface area contributed by atoms with E-state index in [0.29, 0.717) is 12.3 Å². The van der Waals surface area contributed by atoms with Crippen molar-refractivity contribution in [1.82, 2.24) is 0 Å². The van der Waals surface area contributed by atoms with Crippen molar-refractivity contribution < 1.29 is 13.5 Å². The van der Waals surface area contributed by atoms with Crippen LogP contribution >= 0.6 is 0 Å². The smallest absolute Gasteiger partial charge is 0.267 e. The second-order valence-electron chi connectivity index (χ2n) is 4.57. The van der Waals surface area contributed by atoms with Crippen LogP contribution in [0.3, 0.4) is 0 Å². The van der Waals surface area contributed by atoms with Crippen molar-refractivity contribution in [3.63, 3.8) is 0 Å². The van der Waals surface area contributed by atoms with E-state index in [9.17, 15) is 8.78 Å². The van der Waals surface area contributed by atoms with Crippen LogP contribution in [0.4, 0.5) is 8.78 Å². The van der Waals surface area contributed by atoms with Gasteiger partial charge in [-0.3, -0.25) is 0 Å². The fourth-order valence-electron chi connectivity index (χ4n) is 2.56. The maximum absolute atomic E-state index is 12.9. The van der Waals surface area contributed by atoms with Crippen molar-refractivity contribution in [1.29, 1.82) is 0 Å². The zero-order valence-electron chi connectivity index (χ0n) is 9.88. The minimum atomic E-state index is -2.51. The molecular weight excluding hydrogens is 224 g/mol. The van der Waals surface area contributed by atoms with Gasteiger partial charge in [-0.2, -0.15) is 0 Å². The zero-order valence-corrected chi connectivity index (χ0v) is 9.88. The number of rotatable bonds is 4. The lowest BCUT2D eigenvalue weighted by molar-refractivity contribution is 0.145. The highest BCUT2D eigenvalue weighted by Crippen LogP contribution is 2.48. The summed E-state index contributed by atoms with van der Waals surface area (Å²) in [5.74, 6) is 0.313. The van der Waals surface area contributed by atoms with E-state index in [2.05, 4.69) is 0 Å². The first-order valence-corrected chi connectivity index (χ1v) is 5.80. The Balaban J connectivity index is 2.50. The number of halogens is 2. The topological polar surface area (TPSA) is 35.2 Å². The van der Waals surface area contributed by atoms with Gasteiger partial charge in [0, 0.05) is 17.5 Å². The van der Waals surface area contributed by atoms with Crippen LogP contribution in [-0.4, -0.2) is 13.7 Å². The third-order valence-corrected chi connectivity index (χ3v) is 3.76.